The van der Waals surface area contributed by atoms with Crippen LogP contribution in [0.3, 0.4) is 0 Å². The van der Waals surface area contributed by atoms with Gasteiger partial charge >= 0.3 is 0 Å². The molecular formula is C7H16IN3O. The highest BCUT2D eigenvalue weighted by Gasteiger charge is 1.88. The van der Waals surface area contributed by atoms with Crippen LogP contribution in [0.5, 0.6) is 0 Å². The third-order valence-electron chi connectivity index (χ3n) is 0.937. The van der Waals surface area contributed by atoms with E-state index in [-0.39, 0.29) is 30.6 Å². The second-order valence-corrected chi connectivity index (χ2v) is 2.31. The van der Waals surface area contributed by atoms with Crippen LogP contribution in [0.4, 0.5) is 0 Å². The Labute approximate surface area is 90.0 Å². The zero-order valence-electron chi connectivity index (χ0n) is 7.21. The SMILES string of the molecule is C=C(C)CN=C(N)NCCO.I. The van der Waals surface area contributed by atoms with Crippen molar-refractivity contribution in [2.75, 3.05) is 19.7 Å². The maximum atomic E-state index is 8.40. The first-order valence-corrected chi connectivity index (χ1v) is 3.46. The van der Waals surface area contributed by atoms with Gasteiger partial charge in [-0.25, -0.2) is 4.99 Å². The molecule has 0 saturated carbocycles. The molecule has 0 aliphatic rings. The fourth-order valence-corrected chi connectivity index (χ4v) is 0.460. The van der Waals surface area contributed by atoms with Crippen LogP contribution >= 0.6 is 24.0 Å². The zero-order valence-corrected chi connectivity index (χ0v) is 9.54. The molecule has 4 N–H and O–H groups in total. The summed E-state index contributed by atoms with van der Waals surface area (Å²) in [7, 11) is 0. The first kappa shape index (κ1) is 14.2. The molecule has 0 unspecified atom stereocenters. The van der Waals surface area contributed by atoms with E-state index >= 15 is 0 Å². The normalized spacial score (nSPS) is 10.3. The van der Waals surface area contributed by atoms with Gasteiger partial charge in [0.1, 0.15) is 0 Å². The van der Waals surface area contributed by atoms with E-state index in [2.05, 4.69) is 16.9 Å². The van der Waals surface area contributed by atoms with Crippen molar-refractivity contribution in [1.29, 1.82) is 0 Å². The molecule has 0 bridgehead atoms. The number of nitrogens with two attached hydrogens (primary N) is 1. The molecule has 0 aliphatic heterocycles. The second kappa shape index (κ2) is 8.79. The molecule has 0 aromatic heterocycles. The molecule has 4 nitrogen and oxygen atoms in total. The molecule has 0 aromatic carbocycles. The lowest BCUT2D eigenvalue weighted by atomic mass is 10.4. The molecule has 12 heavy (non-hydrogen) atoms. The maximum Gasteiger partial charge on any atom is 0.188 e. The molecule has 0 aromatic rings. The standard InChI is InChI=1S/C7H15N3O.HI/c1-6(2)5-10-7(8)9-3-4-11;/h11H,1,3-5H2,2H3,(H3,8,9,10);1H. The van der Waals surface area contributed by atoms with E-state index in [4.69, 9.17) is 10.8 Å². The van der Waals surface area contributed by atoms with Crippen LogP contribution in [0.25, 0.3) is 0 Å². The zero-order chi connectivity index (χ0) is 8.69. The van der Waals surface area contributed by atoms with Crippen molar-refractivity contribution in [1.82, 2.24) is 5.32 Å². The number of aliphatic imine (C=N–C) groups is 1. The van der Waals surface area contributed by atoms with E-state index in [1.807, 2.05) is 6.92 Å². The molecule has 0 radical (unpaired) electrons. The third kappa shape index (κ3) is 9.70. The molecule has 0 saturated heterocycles. The van der Waals surface area contributed by atoms with Crippen molar-refractivity contribution in [2.24, 2.45) is 10.7 Å². The maximum absolute atomic E-state index is 8.40. The number of aliphatic hydroxyl groups is 1. The molecule has 72 valence electrons. The quantitative estimate of drug-likeness (QED) is 0.296. The summed E-state index contributed by atoms with van der Waals surface area (Å²) in [5, 5.41) is 11.1. The minimum atomic E-state index is 0. The van der Waals surface area contributed by atoms with Crippen molar-refractivity contribution in [3.8, 4) is 0 Å². The molecule has 0 heterocycles. The highest BCUT2D eigenvalue weighted by molar-refractivity contribution is 14.0. The van der Waals surface area contributed by atoms with Gasteiger partial charge in [0.25, 0.3) is 0 Å². The summed E-state index contributed by atoms with van der Waals surface area (Å²) < 4.78 is 0. The van der Waals surface area contributed by atoms with Gasteiger partial charge in [-0.2, -0.15) is 0 Å². The summed E-state index contributed by atoms with van der Waals surface area (Å²) in [5.41, 5.74) is 6.35. The fraction of sp³-hybridized carbons (Fsp3) is 0.571. The molecule has 0 aliphatic carbocycles. The van der Waals surface area contributed by atoms with Gasteiger partial charge in [-0.15, -0.1) is 24.0 Å². The summed E-state index contributed by atoms with van der Waals surface area (Å²) in [5.74, 6) is 0.349. The lowest BCUT2D eigenvalue weighted by Gasteiger charge is -2.01. The van der Waals surface area contributed by atoms with Gasteiger partial charge in [-0.05, 0) is 6.92 Å². The predicted octanol–water partition coefficient (Wildman–Crippen LogP) is 0.0771. The van der Waals surface area contributed by atoms with Gasteiger partial charge in [0.05, 0.1) is 13.2 Å². The van der Waals surface area contributed by atoms with Crippen LogP contribution in [-0.2, 0) is 0 Å². The molecular weight excluding hydrogens is 269 g/mol. The fourth-order valence-electron chi connectivity index (χ4n) is 0.460. The first-order chi connectivity index (χ1) is 5.16. The number of aliphatic hydroxyl groups excluding tert-OH is 1. The number of rotatable bonds is 4. The van der Waals surface area contributed by atoms with Crippen LogP contribution in [0.1, 0.15) is 6.92 Å². The summed E-state index contributed by atoms with van der Waals surface area (Å²) >= 11 is 0. The smallest absolute Gasteiger partial charge is 0.188 e. The van der Waals surface area contributed by atoms with Crippen LogP contribution in [-0.4, -0.2) is 30.8 Å². The summed E-state index contributed by atoms with van der Waals surface area (Å²) in [4.78, 5) is 3.93. The van der Waals surface area contributed by atoms with Crippen molar-refractivity contribution < 1.29 is 5.11 Å². The van der Waals surface area contributed by atoms with Crippen molar-refractivity contribution in [3.05, 3.63) is 12.2 Å². The Balaban J connectivity index is 0. The number of nitrogens with one attached hydrogen (secondary N) is 1. The van der Waals surface area contributed by atoms with Crippen LogP contribution in [0, 0.1) is 0 Å². The van der Waals surface area contributed by atoms with Crippen LogP contribution in [0.15, 0.2) is 17.1 Å². The summed E-state index contributed by atoms with van der Waals surface area (Å²) in [6.45, 7) is 6.57. The largest absolute Gasteiger partial charge is 0.395 e. The minimum Gasteiger partial charge on any atom is -0.395 e. The average molecular weight is 285 g/mol. The second-order valence-electron chi connectivity index (χ2n) is 2.31. The lowest BCUT2D eigenvalue weighted by molar-refractivity contribution is 0.300. The van der Waals surface area contributed by atoms with Crippen LogP contribution < -0.4 is 11.1 Å². The topological polar surface area (TPSA) is 70.6 Å². The molecule has 0 amide bonds. The molecule has 5 heteroatoms. The highest BCUT2D eigenvalue weighted by Crippen LogP contribution is 1.85. The number of halogens is 1. The number of hydrogen-bond acceptors (Lipinski definition) is 2. The Morgan fingerprint density at radius 2 is 2.25 bits per heavy atom. The first-order valence-electron chi connectivity index (χ1n) is 3.46. The molecule has 0 fully saturated rings. The highest BCUT2D eigenvalue weighted by atomic mass is 127. The Kier molecular flexibility index (Phi) is 10.4. The Hall–Kier alpha value is -0.300. The predicted molar refractivity (Wildman–Crippen MR) is 61.8 cm³/mol. The Morgan fingerprint density at radius 3 is 2.67 bits per heavy atom. The van der Waals surface area contributed by atoms with E-state index in [1.165, 1.54) is 0 Å². The van der Waals surface area contributed by atoms with E-state index < -0.39 is 0 Å². The van der Waals surface area contributed by atoms with Gasteiger partial charge in [-0.1, -0.05) is 12.2 Å². The molecule has 0 spiro atoms. The number of nitrogens with zero attached hydrogens (tertiary/aromatic N) is 1. The Bertz CT molecular complexity index is 159. The number of hydrogen-bond donors (Lipinski definition) is 3. The van der Waals surface area contributed by atoms with E-state index in [0.717, 1.165) is 5.57 Å². The van der Waals surface area contributed by atoms with Gasteiger partial charge in [0, 0.05) is 6.54 Å². The summed E-state index contributed by atoms with van der Waals surface area (Å²) in [6.07, 6.45) is 0. The lowest BCUT2D eigenvalue weighted by Crippen LogP contribution is -2.33. The van der Waals surface area contributed by atoms with Crippen molar-refractivity contribution >= 4 is 29.9 Å². The summed E-state index contributed by atoms with van der Waals surface area (Å²) in [6, 6.07) is 0. The molecule has 0 rings (SSSR count). The van der Waals surface area contributed by atoms with Crippen molar-refractivity contribution in [3.63, 3.8) is 0 Å². The van der Waals surface area contributed by atoms with Gasteiger partial charge in [0.2, 0.25) is 0 Å². The van der Waals surface area contributed by atoms with Gasteiger partial charge in [-0.3, -0.25) is 0 Å². The molecule has 0 atom stereocenters. The van der Waals surface area contributed by atoms with Gasteiger partial charge < -0.3 is 16.2 Å². The minimum absolute atomic E-state index is 0. The number of guanidine groups is 1. The van der Waals surface area contributed by atoms with E-state index in [0.29, 0.717) is 19.0 Å². The van der Waals surface area contributed by atoms with Gasteiger partial charge in [0.15, 0.2) is 5.96 Å². The third-order valence-corrected chi connectivity index (χ3v) is 0.937. The Morgan fingerprint density at radius 1 is 1.67 bits per heavy atom. The average Bonchev–Trinajstić information content (AvgIpc) is 1.97. The van der Waals surface area contributed by atoms with Crippen molar-refractivity contribution in [2.45, 2.75) is 6.92 Å². The monoisotopic (exact) mass is 285 g/mol. The van der Waals surface area contributed by atoms with E-state index in [1.54, 1.807) is 0 Å². The van der Waals surface area contributed by atoms with Crippen LogP contribution in [0.2, 0.25) is 0 Å². The van der Waals surface area contributed by atoms with E-state index in [9.17, 15) is 0 Å².